The first kappa shape index (κ1) is 20.4. The molecule has 0 aliphatic carbocycles. The van der Waals surface area contributed by atoms with E-state index in [0.29, 0.717) is 5.75 Å². The van der Waals surface area contributed by atoms with Crippen molar-refractivity contribution in [1.29, 1.82) is 0 Å². The number of rotatable bonds is 8. The largest absolute Gasteiger partial charge is 0.484 e. The molecule has 0 aliphatic heterocycles. The maximum Gasteiger partial charge on any atom is 0.257 e. The first-order valence-corrected chi connectivity index (χ1v) is 10.3. The van der Waals surface area contributed by atoms with Crippen LogP contribution < -0.4 is 14.8 Å². The van der Waals surface area contributed by atoms with Crippen molar-refractivity contribution >= 4 is 31.9 Å². The molecule has 140 valence electrons. The van der Waals surface area contributed by atoms with Crippen LogP contribution in [0.5, 0.6) is 5.75 Å². The molecular formula is C18H21BrN2O4S. The van der Waals surface area contributed by atoms with Gasteiger partial charge in [-0.15, -0.1) is 0 Å². The van der Waals surface area contributed by atoms with Crippen molar-refractivity contribution in [3.8, 4) is 5.75 Å². The lowest BCUT2D eigenvalue weighted by molar-refractivity contribution is -0.123. The molecule has 0 aliphatic rings. The van der Waals surface area contributed by atoms with Crippen molar-refractivity contribution in [3.05, 3.63) is 58.1 Å². The average Bonchev–Trinajstić information content (AvgIpc) is 2.58. The summed E-state index contributed by atoms with van der Waals surface area (Å²) in [6.45, 7) is 4.04. The van der Waals surface area contributed by atoms with E-state index in [9.17, 15) is 13.2 Å². The molecule has 0 fully saturated rings. The molecule has 2 rings (SSSR count). The summed E-state index contributed by atoms with van der Waals surface area (Å²) in [5, 5.41) is 2.62. The Morgan fingerprint density at radius 1 is 1.08 bits per heavy atom. The molecule has 1 amide bonds. The second-order valence-electron chi connectivity index (χ2n) is 5.76. The Hall–Kier alpha value is -1.90. The number of sulfonamides is 1. The molecule has 2 aromatic carbocycles. The van der Waals surface area contributed by atoms with Crippen molar-refractivity contribution in [2.45, 2.75) is 18.7 Å². The van der Waals surface area contributed by atoms with Gasteiger partial charge in [0.05, 0.1) is 4.90 Å². The van der Waals surface area contributed by atoms with Crippen LogP contribution in [0.4, 0.5) is 0 Å². The standard InChI is InChI=1S/C18H21BrN2O4S/c1-13-3-8-17(14(2)11-13)25-12-18(22)20-9-10-21-26(23,24)16-6-4-15(19)5-7-16/h3-8,11,21H,9-10,12H2,1-2H3,(H,20,22). The van der Waals surface area contributed by atoms with Crippen molar-refractivity contribution in [2.24, 2.45) is 0 Å². The van der Waals surface area contributed by atoms with E-state index < -0.39 is 10.0 Å². The molecule has 0 spiro atoms. The number of hydrogen-bond acceptors (Lipinski definition) is 4. The SMILES string of the molecule is Cc1ccc(OCC(=O)NCCNS(=O)(=O)c2ccc(Br)cc2)c(C)c1. The molecule has 0 heterocycles. The van der Waals surface area contributed by atoms with Gasteiger partial charge in [-0.25, -0.2) is 13.1 Å². The lowest BCUT2D eigenvalue weighted by atomic mass is 10.1. The zero-order valence-electron chi connectivity index (χ0n) is 14.6. The zero-order chi connectivity index (χ0) is 19.2. The number of carbonyl (C=O) groups is 1. The van der Waals surface area contributed by atoms with Crippen LogP contribution in [-0.4, -0.2) is 34.0 Å². The van der Waals surface area contributed by atoms with Gasteiger partial charge in [0.25, 0.3) is 5.91 Å². The summed E-state index contributed by atoms with van der Waals surface area (Å²) in [6.07, 6.45) is 0. The van der Waals surface area contributed by atoms with E-state index in [4.69, 9.17) is 4.74 Å². The number of benzene rings is 2. The second kappa shape index (κ2) is 9.16. The summed E-state index contributed by atoms with van der Waals surface area (Å²) in [5.41, 5.74) is 2.08. The molecule has 0 aromatic heterocycles. The highest BCUT2D eigenvalue weighted by Crippen LogP contribution is 2.18. The van der Waals surface area contributed by atoms with E-state index in [1.165, 1.54) is 12.1 Å². The van der Waals surface area contributed by atoms with Crippen LogP contribution in [0.25, 0.3) is 0 Å². The Morgan fingerprint density at radius 2 is 1.77 bits per heavy atom. The third-order valence-electron chi connectivity index (χ3n) is 3.55. The summed E-state index contributed by atoms with van der Waals surface area (Å²) in [5.74, 6) is 0.342. The molecule has 8 heteroatoms. The van der Waals surface area contributed by atoms with Gasteiger partial charge in [-0.1, -0.05) is 33.6 Å². The van der Waals surface area contributed by atoms with Gasteiger partial charge >= 0.3 is 0 Å². The molecule has 2 N–H and O–H groups in total. The normalized spacial score (nSPS) is 11.2. The second-order valence-corrected chi connectivity index (χ2v) is 8.44. The average molecular weight is 441 g/mol. The minimum atomic E-state index is -3.59. The summed E-state index contributed by atoms with van der Waals surface area (Å²) >= 11 is 3.26. The fourth-order valence-electron chi connectivity index (χ4n) is 2.24. The molecule has 2 aromatic rings. The lowest BCUT2D eigenvalue weighted by Gasteiger charge is -2.11. The highest BCUT2D eigenvalue weighted by atomic mass is 79.9. The van der Waals surface area contributed by atoms with Crippen molar-refractivity contribution in [3.63, 3.8) is 0 Å². The molecule has 0 unspecified atom stereocenters. The minimum absolute atomic E-state index is 0.0910. The van der Waals surface area contributed by atoms with Crippen LogP contribution in [0.3, 0.4) is 0 Å². The maximum atomic E-state index is 12.1. The van der Waals surface area contributed by atoms with Crippen LogP contribution in [0.1, 0.15) is 11.1 Å². The predicted molar refractivity (Wildman–Crippen MR) is 104 cm³/mol. The first-order valence-electron chi connectivity index (χ1n) is 8.00. The van der Waals surface area contributed by atoms with Crippen LogP contribution in [0.15, 0.2) is 51.8 Å². The van der Waals surface area contributed by atoms with Gasteiger partial charge in [0.1, 0.15) is 5.75 Å². The Morgan fingerprint density at radius 3 is 2.42 bits per heavy atom. The Bertz CT molecular complexity index is 867. The van der Waals surface area contributed by atoms with Gasteiger partial charge < -0.3 is 10.1 Å². The third-order valence-corrected chi connectivity index (χ3v) is 5.56. The number of halogens is 1. The third kappa shape index (κ3) is 6.12. The van der Waals surface area contributed by atoms with E-state index in [-0.39, 0.29) is 30.5 Å². The van der Waals surface area contributed by atoms with Crippen molar-refractivity contribution < 1.29 is 17.9 Å². The van der Waals surface area contributed by atoms with Gasteiger partial charge in [0.2, 0.25) is 10.0 Å². The van der Waals surface area contributed by atoms with Crippen molar-refractivity contribution in [1.82, 2.24) is 10.0 Å². The molecule has 0 saturated heterocycles. The van der Waals surface area contributed by atoms with E-state index in [0.717, 1.165) is 15.6 Å². The molecule has 0 radical (unpaired) electrons. The quantitative estimate of drug-likeness (QED) is 0.617. The summed E-state index contributed by atoms with van der Waals surface area (Å²) in [4.78, 5) is 12.0. The highest BCUT2D eigenvalue weighted by molar-refractivity contribution is 9.10. The van der Waals surface area contributed by atoms with Gasteiger partial charge in [0.15, 0.2) is 6.61 Å². The van der Waals surface area contributed by atoms with E-state index in [1.54, 1.807) is 12.1 Å². The lowest BCUT2D eigenvalue weighted by Crippen LogP contribution is -2.36. The molecular weight excluding hydrogens is 420 g/mol. The van der Waals surface area contributed by atoms with Crippen molar-refractivity contribution in [2.75, 3.05) is 19.7 Å². The topological polar surface area (TPSA) is 84.5 Å². The van der Waals surface area contributed by atoms with Gasteiger partial charge in [-0.3, -0.25) is 4.79 Å². The molecule has 0 atom stereocenters. The van der Waals surface area contributed by atoms with Gasteiger partial charge in [-0.05, 0) is 49.7 Å². The van der Waals surface area contributed by atoms with E-state index >= 15 is 0 Å². The number of ether oxygens (including phenoxy) is 1. The number of aryl methyl sites for hydroxylation is 2. The number of carbonyl (C=O) groups excluding carboxylic acids is 1. The van der Waals surface area contributed by atoms with Crippen LogP contribution in [0.2, 0.25) is 0 Å². The van der Waals surface area contributed by atoms with Crippen LogP contribution in [-0.2, 0) is 14.8 Å². The summed E-state index contributed by atoms with van der Waals surface area (Å²) < 4.78 is 32.9. The fourth-order valence-corrected chi connectivity index (χ4v) is 3.54. The molecule has 26 heavy (non-hydrogen) atoms. The van der Waals surface area contributed by atoms with Crippen LogP contribution >= 0.6 is 15.9 Å². The van der Waals surface area contributed by atoms with E-state index in [2.05, 4.69) is 26.0 Å². The summed E-state index contributed by atoms with van der Waals surface area (Å²) in [7, 11) is -3.59. The van der Waals surface area contributed by atoms with Crippen LogP contribution in [0, 0.1) is 13.8 Å². The Labute approximate surface area is 162 Å². The number of nitrogens with one attached hydrogen (secondary N) is 2. The zero-order valence-corrected chi connectivity index (χ0v) is 17.0. The Kier molecular flexibility index (Phi) is 7.19. The first-order chi connectivity index (χ1) is 12.3. The molecule has 6 nitrogen and oxygen atoms in total. The minimum Gasteiger partial charge on any atom is -0.484 e. The predicted octanol–water partition coefficient (Wildman–Crippen LogP) is 2.54. The highest BCUT2D eigenvalue weighted by Gasteiger charge is 2.13. The smallest absolute Gasteiger partial charge is 0.257 e. The monoisotopic (exact) mass is 440 g/mol. The van der Waals surface area contributed by atoms with E-state index in [1.807, 2.05) is 32.0 Å². The fraction of sp³-hybridized carbons (Fsp3) is 0.278. The summed E-state index contributed by atoms with van der Waals surface area (Å²) in [6, 6.07) is 12.0. The Balaban J connectivity index is 1.73. The molecule has 0 saturated carbocycles. The van der Waals surface area contributed by atoms with Gasteiger partial charge in [0, 0.05) is 17.6 Å². The number of amides is 1. The maximum absolute atomic E-state index is 12.1. The number of hydrogen-bond donors (Lipinski definition) is 2. The molecule has 0 bridgehead atoms. The van der Waals surface area contributed by atoms with Gasteiger partial charge in [-0.2, -0.15) is 0 Å².